The second kappa shape index (κ2) is 6.64. The summed E-state index contributed by atoms with van der Waals surface area (Å²) in [6.45, 7) is 2.13. The molecule has 0 aliphatic heterocycles. The molecule has 0 saturated heterocycles. The van der Waals surface area contributed by atoms with Gasteiger partial charge in [0.2, 0.25) is 0 Å². The minimum Gasteiger partial charge on any atom is -0.411 e. The van der Waals surface area contributed by atoms with E-state index in [0.29, 0.717) is 17.7 Å². The molecule has 1 aliphatic rings. The standard InChI is InChI=1S/C16H19F2NO/c1-2-3-4-5-11-6-7-15(19-20)16(11)12-8-13(17)10-14(18)9-12/h8-10,20H,2-7H2,1H3. The fourth-order valence-corrected chi connectivity index (χ4v) is 2.73. The van der Waals surface area contributed by atoms with Crippen LogP contribution in [0.15, 0.2) is 28.9 Å². The van der Waals surface area contributed by atoms with Gasteiger partial charge in [0.1, 0.15) is 11.6 Å². The van der Waals surface area contributed by atoms with Gasteiger partial charge in [-0.3, -0.25) is 0 Å². The van der Waals surface area contributed by atoms with E-state index in [1.54, 1.807) is 0 Å². The highest BCUT2D eigenvalue weighted by atomic mass is 19.1. The minimum atomic E-state index is -0.607. The number of oxime groups is 1. The van der Waals surface area contributed by atoms with Gasteiger partial charge < -0.3 is 5.21 Å². The summed E-state index contributed by atoms with van der Waals surface area (Å²) in [4.78, 5) is 0. The molecule has 1 aliphatic carbocycles. The number of nitrogens with zero attached hydrogens (tertiary/aromatic N) is 1. The van der Waals surface area contributed by atoms with E-state index in [-0.39, 0.29) is 0 Å². The summed E-state index contributed by atoms with van der Waals surface area (Å²) in [5.74, 6) is -1.21. The normalized spacial score (nSPS) is 17.2. The molecule has 2 nitrogen and oxygen atoms in total. The van der Waals surface area contributed by atoms with Crippen LogP contribution in [-0.4, -0.2) is 10.9 Å². The first-order valence-corrected chi connectivity index (χ1v) is 7.05. The van der Waals surface area contributed by atoms with Crippen LogP contribution in [0.25, 0.3) is 5.57 Å². The molecule has 0 heterocycles. The molecule has 0 unspecified atom stereocenters. The maximum Gasteiger partial charge on any atom is 0.126 e. The number of hydrogen-bond donors (Lipinski definition) is 1. The molecule has 1 N–H and O–H groups in total. The van der Waals surface area contributed by atoms with Crippen molar-refractivity contribution in [2.75, 3.05) is 0 Å². The highest BCUT2D eigenvalue weighted by molar-refractivity contribution is 6.26. The van der Waals surface area contributed by atoms with Gasteiger partial charge in [0.25, 0.3) is 0 Å². The van der Waals surface area contributed by atoms with Crippen LogP contribution in [0.4, 0.5) is 8.78 Å². The number of unbranched alkanes of at least 4 members (excludes halogenated alkanes) is 2. The van der Waals surface area contributed by atoms with E-state index in [4.69, 9.17) is 5.21 Å². The molecule has 0 amide bonds. The van der Waals surface area contributed by atoms with Gasteiger partial charge in [0.05, 0.1) is 5.71 Å². The van der Waals surface area contributed by atoms with Gasteiger partial charge in [-0.2, -0.15) is 0 Å². The van der Waals surface area contributed by atoms with Gasteiger partial charge in [-0.05, 0) is 43.4 Å². The zero-order valence-electron chi connectivity index (χ0n) is 11.6. The molecule has 2 rings (SSSR count). The Bertz CT molecular complexity index is 529. The monoisotopic (exact) mass is 279 g/mol. The van der Waals surface area contributed by atoms with Crippen LogP contribution in [-0.2, 0) is 0 Å². The van der Waals surface area contributed by atoms with Crippen LogP contribution < -0.4 is 0 Å². The Kier molecular flexibility index (Phi) is 4.88. The number of allylic oxidation sites excluding steroid dienone is 2. The van der Waals surface area contributed by atoms with Crippen LogP contribution in [0, 0.1) is 11.6 Å². The van der Waals surface area contributed by atoms with Crippen molar-refractivity contribution in [2.45, 2.75) is 45.4 Å². The lowest BCUT2D eigenvalue weighted by molar-refractivity contribution is 0.319. The topological polar surface area (TPSA) is 32.6 Å². The Labute approximate surface area is 117 Å². The first kappa shape index (κ1) is 14.7. The molecule has 20 heavy (non-hydrogen) atoms. The largest absolute Gasteiger partial charge is 0.411 e. The first-order chi connectivity index (χ1) is 9.65. The third-order valence-electron chi connectivity index (χ3n) is 3.66. The quantitative estimate of drug-likeness (QED) is 0.463. The fraction of sp³-hybridized carbons (Fsp3) is 0.438. The third kappa shape index (κ3) is 3.24. The summed E-state index contributed by atoms with van der Waals surface area (Å²) in [6, 6.07) is 3.45. The van der Waals surface area contributed by atoms with Gasteiger partial charge >= 0.3 is 0 Å². The molecule has 0 aromatic heterocycles. The molecule has 0 spiro atoms. The lowest BCUT2D eigenvalue weighted by Crippen LogP contribution is -1.99. The van der Waals surface area contributed by atoms with Crippen molar-refractivity contribution in [3.05, 3.63) is 41.0 Å². The third-order valence-corrected chi connectivity index (χ3v) is 3.66. The van der Waals surface area contributed by atoms with Gasteiger partial charge in [0.15, 0.2) is 0 Å². The Morgan fingerprint density at radius 1 is 1.10 bits per heavy atom. The summed E-state index contributed by atoms with van der Waals surface area (Å²) < 4.78 is 26.8. The van der Waals surface area contributed by atoms with E-state index in [2.05, 4.69) is 12.1 Å². The lowest BCUT2D eigenvalue weighted by atomic mass is 9.97. The van der Waals surface area contributed by atoms with E-state index in [9.17, 15) is 8.78 Å². The molecule has 0 radical (unpaired) electrons. The van der Waals surface area contributed by atoms with Gasteiger partial charge in [-0.1, -0.05) is 30.5 Å². The Balaban J connectivity index is 2.37. The number of rotatable bonds is 5. The average molecular weight is 279 g/mol. The molecule has 0 saturated carbocycles. The molecule has 0 atom stereocenters. The summed E-state index contributed by atoms with van der Waals surface area (Å²) in [5.41, 5.74) is 2.86. The van der Waals surface area contributed by atoms with Crippen LogP contribution in [0.1, 0.15) is 51.0 Å². The maximum atomic E-state index is 13.4. The van der Waals surface area contributed by atoms with Gasteiger partial charge in [-0.25, -0.2) is 8.78 Å². The van der Waals surface area contributed by atoms with Crippen LogP contribution in [0.3, 0.4) is 0 Å². The molecule has 108 valence electrons. The van der Waals surface area contributed by atoms with E-state index < -0.39 is 11.6 Å². The Morgan fingerprint density at radius 2 is 1.80 bits per heavy atom. The molecule has 0 fully saturated rings. The predicted octanol–water partition coefficient (Wildman–Crippen LogP) is 4.92. The van der Waals surface area contributed by atoms with Gasteiger partial charge in [0, 0.05) is 11.6 Å². The predicted molar refractivity (Wildman–Crippen MR) is 75.9 cm³/mol. The zero-order valence-corrected chi connectivity index (χ0v) is 11.6. The van der Waals surface area contributed by atoms with Crippen LogP contribution in [0.2, 0.25) is 0 Å². The van der Waals surface area contributed by atoms with Crippen molar-refractivity contribution < 1.29 is 14.0 Å². The summed E-state index contributed by atoms with van der Waals surface area (Å²) in [6.07, 6.45) is 5.62. The zero-order chi connectivity index (χ0) is 14.5. The highest BCUT2D eigenvalue weighted by Crippen LogP contribution is 2.35. The first-order valence-electron chi connectivity index (χ1n) is 7.05. The highest BCUT2D eigenvalue weighted by Gasteiger charge is 2.23. The lowest BCUT2D eigenvalue weighted by Gasteiger charge is -2.08. The fourth-order valence-electron chi connectivity index (χ4n) is 2.73. The molecule has 0 bridgehead atoms. The number of halogens is 2. The smallest absolute Gasteiger partial charge is 0.126 e. The van der Waals surface area contributed by atoms with E-state index in [0.717, 1.165) is 49.3 Å². The van der Waals surface area contributed by atoms with Gasteiger partial charge in [-0.15, -0.1) is 0 Å². The molecular formula is C16H19F2NO. The van der Waals surface area contributed by atoms with Crippen molar-refractivity contribution in [1.82, 2.24) is 0 Å². The Hall–Kier alpha value is -1.71. The minimum absolute atomic E-state index is 0.472. The maximum absolute atomic E-state index is 13.4. The SMILES string of the molecule is CCCCCC1=C(c2cc(F)cc(F)c2)C(=NO)CC1. The number of benzene rings is 1. The van der Waals surface area contributed by atoms with E-state index in [1.165, 1.54) is 12.1 Å². The Morgan fingerprint density at radius 3 is 2.40 bits per heavy atom. The van der Waals surface area contributed by atoms with Crippen molar-refractivity contribution in [3.63, 3.8) is 0 Å². The summed E-state index contributed by atoms with van der Waals surface area (Å²) in [5, 5.41) is 12.4. The average Bonchev–Trinajstić information content (AvgIpc) is 2.81. The molecule has 1 aromatic carbocycles. The summed E-state index contributed by atoms with van der Waals surface area (Å²) >= 11 is 0. The van der Waals surface area contributed by atoms with E-state index >= 15 is 0 Å². The second-order valence-electron chi connectivity index (χ2n) is 5.14. The van der Waals surface area contributed by atoms with Crippen molar-refractivity contribution in [2.24, 2.45) is 5.16 Å². The molecule has 1 aromatic rings. The summed E-state index contributed by atoms with van der Waals surface area (Å²) in [7, 11) is 0. The molecular weight excluding hydrogens is 260 g/mol. The van der Waals surface area contributed by atoms with E-state index in [1.807, 2.05) is 0 Å². The van der Waals surface area contributed by atoms with Crippen LogP contribution >= 0.6 is 0 Å². The number of hydrogen-bond acceptors (Lipinski definition) is 2. The molecule has 4 heteroatoms. The van der Waals surface area contributed by atoms with Crippen LogP contribution in [0.5, 0.6) is 0 Å². The van der Waals surface area contributed by atoms with Crippen molar-refractivity contribution in [3.8, 4) is 0 Å². The van der Waals surface area contributed by atoms with Crippen molar-refractivity contribution >= 4 is 11.3 Å². The van der Waals surface area contributed by atoms with Crippen molar-refractivity contribution in [1.29, 1.82) is 0 Å². The second-order valence-corrected chi connectivity index (χ2v) is 5.14.